The first-order valence-electron chi connectivity index (χ1n) is 11.2. The van der Waals surface area contributed by atoms with E-state index in [4.69, 9.17) is 4.74 Å². The van der Waals surface area contributed by atoms with Crippen molar-refractivity contribution < 1.29 is 19.4 Å². The van der Waals surface area contributed by atoms with Crippen LogP contribution in [0.5, 0.6) is 0 Å². The van der Waals surface area contributed by atoms with Gasteiger partial charge in [-0.05, 0) is 29.2 Å². The molecule has 6 heteroatoms. The minimum atomic E-state index is -1.03. The molecule has 0 saturated carbocycles. The van der Waals surface area contributed by atoms with Gasteiger partial charge in [0.15, 0.2) is 0 Å². The molecule has 0 aliphatic heterocycles. The molecule has 0 bridgehead atoms. The van der Waals surface area contributed by atoms with Gasteiger partial charge in [-0.3, -0.25) is 4.79 Å². The Balaban J connectivity index is 1.70. The van der Waals surface area contributed by atoms with Crippen molar-refractivity contribution in [2.45, 2.75) is 31.7 Å². The van der Waals surface area contributed by atoms with Crippen molar-refractivity contribution in [1.82, 2.24) is 10.2 Å². The fourth-order valence-corrected chi connectivity index (χ4v) is 3.59. The Morgan fingerprint density at radius 2 is 1.41 bits per heavy atom. The Hall–Kier alpha value is -3.90. The summed E-state index contributed by atoms with van der Waals surface area (Å²) in [5.74, 6) is -0.298. The molecule has 176 valence electrons. The Morgan fingerprint density at radius 3 is 1.97 bits per heavy atom. The summed E-state index contributed by atoms with van der Waals surface area (Å²) < 4.78 is 5.36. The highest BCUT2D eigenvalue weighted by molar-refractivity contribution is 5.87. The highest BCUT2D eigenvalue weighted by Gasteiger charge is 2.26. The lowest BCUT2D eigenvalue weighted by Crippen LogP contribution is -2.50. The van der Waals surface area contributed by atoms with E-state index >= 15 is 0 Å². The number of hydrogen-bond acceptors (Lipinski definition) is 4. The van der Waals surface area contributed by atoms with Crippen LogP contribution in [0.15, 0.2) is 104 Å². The quantitative estimate of drug-likeness (QED) is 0.424. The third-order valence-corrected chi connectivity index (χ3v) is 5.39. The number of benzene rings is 3. The molecule has 6 nitrogen and oxygen atoms in total. The van der Waals surface area contributed by atoms with Gasteiger partial charge in [0.1, 0.15) is 6.61 Å². The van der Waals surface area contributed by atoms with Crippen molar-refractivity contribution in [1.29, 1.82) is 0 Å². The largest absolute Gasteiger partial charge is 0.445 e. The Bertz CT molecular complexity index is 1040. The number of rotatable bonds is 11. The van der Waals surface area contributed by atoms with Crippen LogP contribution in [0.3, 0.4) is 0 Å². The average molecular weight is 459 g/mol. The van der Waals surface area contributed by atoms with E-state index in [2.05, 4.69) is 11.9 Å². The maximum absolute atomic E-state index is 12.5. The molecule has 0 saturated heterocycles. The van der Waals surface area contributed by atoms with Gasteiger partial charge in [-0.2, -0.15) is 0 Å². The number of nitrogens with zero attached hydrogens (tertiary/aromatic N) is 1. The van der Waals surface area contributed by atoms with Crippen molar-refractivity contribution in [2.24, 2.45) is 0 Å². The first-order chi connectivity index (χ1) is 16.5. The van der Waals surface area contributed by atoms with Crippen LogP contribution in [0.4, 0.5) is 4.79 Å². The fraction of sp³-hybridized carbons (Fsp3) is 0.214. The molecule has 0 unspecified atom stereocenters. The molecule has 2 amide bonds. The number of aliphatic hydroxyl groups excluding tert-OH is 1. The second kappa shape index (κ2) is 13.0. The summed E-state index contributed by atoms with van der Waals surface area (Å²) in [5.41, 5.74) is 2.74. The van der Waals surface area contributed by atoms with E-state index in [1.165, 1.54) is 11.0 Å². The minimum Gasteiger partial charge on any atom is -0.445 e. The molecule has 0 aliphatic carbocycles. The first kappa shape index (κ1) is 24.7. The zero-order valence-electron chi connectivity index (χ0n) is 19.0. The lowest BCUT2D eigenvalue weighted by molar-refractivity contribution is -0.128. The number of hydrogen-bond donors (Lipinski definition) is 2. The predicted molar refractivity (Wildman–Crippen MR) is 132 cm³/mol. The van der Waals surface area contributed by atoms with Crippen molar-refractivity contribution in [3.8, 4) is 0 Å². The van der Waals surface area contributed by atoms with E-state index < -0.39 is 18.2 Å². The van der Waals surface area contributed by atoms with Crippen LogP contribution in [0.2, 0.25) is 0 Å². The summed E-state index contributed by atoms with van der Waals surface area (Å²) in [6, 6.07) is 27.8. The van der Waals surface area contributed by atoms with Gasteiger partial charge in [0.05, 0.1) is 12.1 Å². The predicted octanol–water partition coefficient (Wildman–Crippen LogP) is 4.10. The molecular weight excluding hydrogens is 428 g/mol. The molecule has 3 aromatic carbocycles. The number of nitrogens with one attached hydrogen (secondary N) is 1. The maximum Gasteiger partial charge on any atom is 0.407 e. The second-order valence-corrected chi connectivity index (χ2v) is 7.98. The van der Waals surface area contributed by atoms with Gasteiger partial charge in [-0.1, -0.05) is 97.6 Å². The Morgan fingerprint density at radius 1 is 0.882 bits per heavy atom. The minimum absolute atomic E-state index is 0.0240. The SMILES string of the molecule is C=CC(=O)N(Cc1ccccc1)C[C@@H](O)[C@H](Cc1ccccc1)NC(=O)OCc1ccccc1. The van der Waals surface area contributed by atoms with E-state index in [1.807, 2.05) is 91.0 Å². The summed E-state index contributed by atoms with van der Waals surface area (Å²) in [5, 5.41) is 13.9. The highest BCUT2D eigenvalue weighted by Crippen LogP contribution is 2.12. The van der Waals surface area contributed by atoms with Crippen LogP contribution in [0.1, 0.15) is 16.7 Å². The smallest absolute Gasteiger partial charge is 0.407 e. The van der Waals surface area contributed by atoms with Gasteiger partial charge in [-0.15, -0.1) is 0 Å². The molecule has 0 heterocycles. The van der Waals surface area contributed by atoms with E-state index in [0.29, 0.717) is 13.0 Å². The van der Waals surface area contributed by atoms with Gasteiger partial charge in [0.25, 0.3) is 0 Å². The van der Waals surface area contributed by atoms with Gasteiger partial charge in [0.2, 0.25) is 5.91 Å². The molecule has 0 fully saturated rings. The molecule has 2 atom stereocenters. The van der Waals surface area contributed by atoms with Crippen LogP contribution >= 0.6 is 0 Å². The lowest BCUT2D eigenvalue weighted by Gasteiger charge is -2.29. The topological polar surface area (TPSA) is 78.9 Å². The zero-order valence-corrected chi connectivity index (χ0v) is 19.0. The summed E-state index contributed by atoms with van der Waals surface area (Å²) >= 11 is 0. The average Bonchev–Trinajstić information content (AvgIpc) is 2.88. The van der Waals surface area contributed by atoms with Crippen LogP contribution < -0.4 is 5.32 Å². The second-order valence-electron chi connectivity index (χ2n) is 7.98. The number of carbonyl (C=O) groups excluding carboxylic acids is 2. The number of ether oxygens (including phenoxy) is 1. The fourth-order valence-electron chi connectivity index (χ4n) is 3.59. The van der Waals surface area contributed by atoms with E-state index in [1.54, 1.807) is 0 Å². The van der Waals surface area contributed by atoms with Crippen LogP contribution in [-0.4, -0.2) is 40.7 Å². The summed E-state index contributed by atoms with van der Waals surface area (Å²) in [7, 11) is 0. The summed E-state index contributed by atoms with van der Waals surface area (Å²) in [6.45, 7) is 4.05. The van der Waals surface area contributed by atoms with Crippen molar-refractivity contribution in [2.75, 3.05) is 6.54 Å². The van der Waals surface area contributed by atoms with Gasteiger partial charge < -0.3 is 20.1 Å². The van der Waals surface area contributed by atoms with Crippen LogP contribution in [0.25, 0.3) is 0 Å². The lowest BCUT2D eigenvalue weighted by atomic mass is 10.0. The molecule has 2 N–H and O–H groups in total. The molecule has 0 spiro atoms. The van der Waals surface area contributed by atoms with E-state index in [-0.39, 0.29) is 19.1 Å². The molecular formula is C28H30N2O4. The van der Waals surface area contributed by atoms with Gasteiger partial charge >= 0.3 is 6.09 Å². The number of carbonyl (C=O) groups is 2. The van der Waals surface area contributed by atoms with Crippen molar-refractivity contribution in [3.63, 3.8) is 0 Å². The standard InChI is InChI=1S/C28H30N2O4/c1-2-27(32)30(19-23-14-8-4-9-15-23)20-26(31)25(18-22-12-6-3-7-13-22)29-28(33)34-21-24-16-10-5-11-17-24/h2-17,25-26,31H,1,18-21H2,(H,29,33)/t25-,26+/m0/s1. The third-order valence-electron chi connectivity index (χ3n) is 5.39. The molecule has 34 heavy (non-hydrogen) atoms. The molecule has 3 rings (SSSR count). The number of alkyl carbamates (subject to hydrolysis) is 1. The summed E-state index contributed by atoms with van der Waals surface area (Å²) in [4.78, 5) is 26.6. The highest BCUT2D eigenvalue weighted by atomic mass is 16.5. The Labute approximate surface area is 200 Å². The van der Waals surface area contributed by atoms with E-state index in [0.717, 1.165) is 16.7 Å². The summed E-state index contributed by atoms with van der Waals surface area (Å²) in [6.07, 6.45) is -0.0570. The zero-order chi connectivity index (χ0) is 24.2. The monoisotopic (exact) mass is 458 g/mol. The first-order valence-corrected chi connectivity index (χ1v) is 11.2. The van der Waals surface area contributed by atoms with Crippen LogP contribution in [-0.2, 0) is 29.1 Å². The van der Waals surface area contributed by atoms with Gasteiger partial charge in [-0.25, -0.2) is 4.79 Å². The molecule has 0 aliphatic rings. The molecule has 0 aromatic heterocycles. The number of amides is 2. The third kappa shape index (κ3) is 7.90. The van der Waals surface area contributed by atoms with Crippen LogP contribution in [0, 0.1) is 0 Å². The van der Waals surface area contributed by atoms with Gasteiger partial charge in [0, 0.05) is 13.1 Å². The van der Waals surface area contributed by atoms with E-state index in [9.17, 15) is 14.7 Å². The number of aliphatic hydroxyl groups is 1. The molecule has 3 aromatic rings. The normalized spacial score (nSPS) is 12.3. The Kier molecular flexibility index (Phi) is 9.43. The maximum atomic E-state index is 12.5. The van der Waals surface area contributed by atoms with Crippen molar-refractivity contribution in [3.05, 3.63) is 120 Å². The van der Waals surface area contributed by atoms with Crippen molar-refractivity contribution >= 4 is 12.0 Å². The molecule has 0 radical (unpaired) electrons.